The van der Waals surface area contributed by atoms with Crippen LogP contribution in [0.1, 0.15) is 39.4 Å². The number of hydrogen-bond donors (Lipinski definition) is 2. The molecule has 9 nitrogen and oxygen atoms in total. The zero-order chi connectivity index (χ0) is 29.9. The fourth-order valence-corrected chi connectivity index (χ4v) is 5.77. The molecule has 0 spiro atoms. The van der Waals surface area contributed by atoms with E-state index < -0.39 is 23.8 Å². The van der Waals surface area contributed by atoms with E-state index in [9.17, 15) is 28.0 Å². The Morgan fingerprint density at radius 2 is 2.00 bits per heavy atom. The molecule has 0 saturated heterocycles. The van der Waals surface area contributed by atoms with Crippen molar-refractivity contribution in [1.82, 2.24) is 24.9 Å². The second-order valence-electron chi connectivity index (χ2n) is 9.79. The van der Waals surface area contributed by atoms with Gasteiger partial charge in [-0.1, -0.05) is 12.1 Å². The summed E-state index contributed by atoms with van der Waals surface area (Å²) in [5, 5.41) is 18.5. The van der Waals surface area contributed by atoms with Gasteiger partial charge in [0.2, 0.25) is 5.91 Å². The molecule has 1 atom stereocenters. The maximum atomic E-state index is 14.2. The van der Waals surface area contributed by atoms with Crippen molar-refractivity contribution >= 4 is 29.0 Å². The van der Waals surface area contributed by atoms with Gasteiger partial charge < -0.3 is 20.4 Å². The summed E-state index contributed by atoms with van der Waals surface area (Å²) in [5.41, 5.74) is 0.644. The van der Waals surface area contributed by atoms with E-state index in [4.69, 9.17) is 0 Å². The summed E-state index contributed by atoms with van der Waals surface area (Å²) >= 11 is 1.27. The zero-order valence-corrected chi connectivity index (χ0v) is 23.9. The molecule has 1 unspecified atom stereocenters. The number of benzene rings is 1. The average Bonchev–Trinajstić information content (AvgIpc) is 3.56. The second kappa shape index (κ2) is 12.2. The zero-order valence-electron chi connectivity index (χ0n) is 23.0. The van der Waals surface area contributed by atoms with Crippen LogP contribution in [0.25, 0.3) is 11.1 Å². The number of urea groups is 1. The van der Waals surface area contributed by atoms with E-state index in [0.29, 0.717) is 22.7 Å². The summed E-state index contributed by atoms with van der Waals surface area (Å²) in [6.45, 7) is 2.96. The number of carbonyl (C=O) groups is 2. The molecule has 0 bridgehead atoms. The molecule has 0 aliphatic carbocycles. The van der Waals surface area contributed by atoms with Crippen molar-refractivity contribution < 1.29 is 22.8 Å². The largest absolute Gasteiger partial charge is 0.435 e. The number of halogens is 3. The van der Waals surface area contributed by atoms with Crippen molar-refractivity contribution in [2.45, 2.75) is 32.1 Å². The number of nitriles is 1. The molecule has 0 fully saturated rings. The Morgan fingerprint density at radius 3 is 2.63 bits per heavy atom. The van der Waals surface area contributed by atoms with Crippen LogP contribution in [0.3, 0.4) is 0 Å². The molecule has 13 heteroatoms. The first-order valence-corrected chi connectivity index (χ1v) is 13.7. The third kappa shape index (κ3) is 6.61. The van der Waals surface area contributed by atoms with Crippen LogP contribution in [0.2, 0.25) is 0 Å². The Bertz CT molecular complexity index is 1520. The molecule has 1 aliphatic heterocycles. The van der Waals surface area contributed by atoms with Gasteiger partial charge in [0.05, 0.1) is 6.54 Å². The van der Waals surface area contributed by atoms with Crippen LogP contribution in [0.5, 0.6) is 0 Å². The first kappa shape index (κ1) is 29.8. The van der Waals surface area contributed by atoms with Gasteiger partial charge in [-0.05, 0) is 55.9 Å². The van der Waals surface area contributed by atoms with Gasteiger partial charge in [-0.3, -0.25) is 9.48 Å². The van der Waals surface area contributed by atoms with Crippen molar-refractivity contribution in [2.75, 3.05) is 39.5 Å². The lowest BCUT2D eigenvalue weighted by Crippen LogP contribution is -2.37. The molecule has 1 aliphatic rings. The van der Waals surface area contributed by atoms with Crippen LogP contribution < -0.4 is 10.6 Å². The Balaban J connectivity index is 1.89. The summed E-state index contributed by atoms with van der Waals surface area (Å²) in [5.74, 6) is -0.762. The standard InChI is InChI=1S/C28H30F3N7O2S/c1-5-38-15-23(26(35-38)28(29,30)31)20-11-17(34-27(40)33-2)8-9-19(20)22-14-37(25(39)7-6-10-36(3)4)16-24-21(22)12-18(13-32)41-24/h6-9,11-12,15,22H,5,10,14,16H2,1-4H3,(H2,33,34,40)/b7-6+. The first-order valence-electron chi connectivity index (χ1n) is 12.9. The van der Waals surface area contributed by atoms with Crippen LogP contribution in [0.4, 0.5) is 23.7 Å². The van der Waals surface area contributed by atoms with Crippen molar-refractivity contribution in [2.24, 2.45) is 0 Å². The number of carbonyl (C=O) groups excluding carboxylic acids is 2. The van der Waals surface area contributed by atoms with Gasteiger partial charge in [0.1, 0.15) is 10.9 Å². The summed E-state index contributed by atoms with van der Waals surface area (Å²) < 4.78 is 43.8. The predicted molar refractivity (Wildman–Crippen MR) is 150 cm³/mol. The monoisotopic (exact) mass is 585 g/mol. The molecule has 1 aromatic carbocycles. The van der Waals surface area contributed by atoms with Crippen LogP contribution in [0.15, 0.2) is 42.6 Å². The van der Waals surface area contributed by atoms with E-state index >= 15 is 0 Å². The molecule has 4 rings (SSSR count). The lowest BCUT2D eigenvalue weighted by Gasteiger charge is -2.33. The molecule has 41 heavy (non-hydrogen) atoms. The van der Waals surface area contributed by atoms with E-state index in [0.717, 1.165) is 10.4 Å². The number of thiophene rings is 1. The van der Waals surface area contributed by atoms with Crippen LogP contribution in [0, 0.1) is 11.3 Å². The van der Waals surface area contributed by atoms with E-state index in [1.165, 1.54) is 41.4 Å². The molecule has 3 amide bonds. The van der Waals surface area contributed by atoms with Gasteiger partial charge in [-0.25, -0.2) is 4.79 Å². The normalized spacial score (nSPS) is 15.2. The second-order valence-corrected chi connectivity index (χ2v) is 10.9. The van der Waals surface area contributed by atoms with Gasteiger partial charge in [0, 0.05) is 61.0 Å². The lowest BCUT2D eigenvalue weighted by molar-refractivity contribution is -0.141. The van der Waals surface area contributed by atoms with Crippen molar-refractivity contribution in [1.29, 1.82) is 5.26 Å². The van der Waals surface area contributed by atoms with Crippen LogP contribution in [-0.4, -0.2) is 65.8 Å². The summed E-state index contributed by atoms with van der Waals surface area (Å²) in [6, 6.07) is 8.14. The third-order valence-electron chi connectivity index (χ3n) is 6.67. The van der Waals surface area contributed by atoms with E-state index in [1.54, 1.807) is 36.1 Å². The molecule has 3 aromatic rings. The average molecular weight is 586 g/mol. The highest BCUT2D eigenvalue weighted by Gasteiger charge is 2.39. The van der Waals surface area contributed by atoms with Gasteiger partial charge in [-0.2, -0.15) is 23.5 Å². The summed E-state index contributed by atoms with van der Waals surface area (Å²) in [7, 11) is 5.20. The molecule has 0 radical (unpaired) electrons. The number of likely N-dealkylation sites (N-methyl/N-ethyl adjacent to an activating group) is 1. The van der Waals surface area contributed by atoms with Gasteiger partial charge >= 0.3 is 12.2 Å². The molecule has 216 valence electrons. The Labute approximate surface area is 239 Å². The highest BCUT2D eigenvalue weighted by Crippen LogP contribution is 2.45. The topological polar surface area (TPSA) is 106 Å². The van der Waals surface area contributed by atoms with Crippen molar-refractivity contribution in [3.05, 3.63) is 69.2 Å². The highest BCUT2D eigenvalue weighted by atomic mass is 32.1. The molecule has 0 saturated carbocycles. The molecule has 3 heterocycles. The van der Waals surface area contributed by atoms with Crippen molar-refractivity contribution in [3.63, 3.8) is 0 Å². The number of alkyl halides is 3. The first-order chi connectivity index (χ1) is 19.4. The minimum atomic E-state index is -4.73. The Morgan fingerprint density at radius 1 is 1.24 bits per heavy atom. The number of hydrogen-bond acceptors (Lipinski definition) is 6. The fraction of sp³-hybridized carbons (Fsp3) is 0.357. The SMILES string of the molecule is CCn1cc(-c2cc(NC(=O)NC)ccc2C2CN(C(=O)/C=C/CN(C)C)Cc3sc(C#N)cc32)c(C(F)(F)F)n1. The van der Waals surface area contributed by atoms with E-state index in [1.807, 2.05) is 19.0 Å². The quantitative estimate of drug-likeness (QED) is 0.385. The number of anilines is 1. The number of aromatic nitrogens is 2. The number of nitrogens with zero attached hydrogens (tertiary/aromatic N) is 5. The fourth-order valence-electron chi connectivity index (χ4n) is 4.73. The minimum Gasteiger partial charge on any atom is -0.341 e. The van der Waals surface area contributed by atoms with Gasteiger partial charge in [0.15, 0.2) is 5.69 Å². The molecule has 2 aromatic heterocycles. The summed E-state index contributed by atoms with van der Waals surface area (Å²) in [6.07, 6.45) is -0.145. The predicted octanol–water partition coefficient (Wildman–Crippen LogP) is 4.87. The number of aryl methyl sites for hydroxylation is 1. The number of amides is 3. The van der Waals surface area contributed by atoms with Gasteiger partial charge in [0.25, 0.3) is 0 Å². The maximum absolute atomic E-state index is 14.2. The van der Waals surface area contributed by atoms with Gasteiger partial charge in [-0.15, -0.1) is 11.3 Å². The molecule has 2 N–H and O–H groups in total. The highest BCUT2D eigenvalue weighted by molar-refractivity contribution is 7.12. The Hall–Kier alpha value is -4.15. The lowest BCUT2D eigenvalue weighted by atomic mass is 9.83. The molecular formula is C28H30F3N7O2S. The van der Waals surface area contributed by atoms with Crippen molar-refractivity contribution in [3.8, 4) is 17.2 Å². The summed E-state index contributed by atoms with van der Waals surface area (Å²) in [4.78, 5) is 30.0. The molecular weight excluding hydrogens is 555 g/mol. The number of fused-ring (bicyclic) bond motifs is 1. The van der Waals surface area contributed by atoms with E-state index in [2.05, 4.69) is 21.8 Å². The maximum Gasteiger partial charge on any atom is 0.435 e. The van der Waals surface area contributed by atoms with E-state index in [-0.39, 0.29) is 36.7 Å². The Kier molecular flexibility index (Phi) is 8.84. The number of rotatable bonds is 7. The smallest absolute Gasteiger partial charge is 0.341 e. The third-order valence-corrected chi connectivity index (χ3v) is 7.71. The van der Waals surface area contributed by atoms with Crippen LogP contribution in [-0.2, 0) is 24.1 Å². The van der Waals surface area contributed by atoms with Crippen LogP contribution >= 0.6 is 11.3 Å². The number of nitrogens with one attached hydrogen (secondary N) is 2. The minimum absolute atomic E-state index is 0.137.